The van der Waals surface area contributed by atoms with Crippen molar-refractivity contribution in [3.8, 4) is 0 Å². The molecule has 0 aliphatic rings. The Balaban J connectivity index is 2.28. The second-order valence-electron chi connectivity index (χ2n) is 3.74. The topological polar surface area (TPSA) is 54.9 Å². The summed E-state index contributed by atoms with van der Waals surface area (Å²) < 4.78 is 0. The second-order valence-corrected chi connectivity index (χ2v) is 4.87. The lowest BCUT2D eigenvalue weighted by Crippen LogP contribution is -2.14. The minimum absolute atomic E-state index is 0.147. The van der Waals surface area contributed by atoms with E-state index in [4.69, 9.17) is 34.8 Å². The summed E-state index contributed by atoms with van der Waals surface area (Å²) in [5.41, 5.74) is 1.55. The SMILES string of the molecule is Cc1ccnc(Cl)c1NC(=O)c1cnc(Cl)c(Cl)c1. The van der Waals surface area contributed by atoms with E-state index in [0.717, 1.165) is 5.56 Å². The largest absolute Gasteiger partial charge is 0.319 e. The van der Waals surface area contributed by atoms with Crippen LogP contribution >= 0.6 is 34.8 Å². The Kier molecular flexibility index (Phi) is 4.24. The van der Waals surface area contributed by atoms with E-state index in [1.165, 1.54) is 12.3 Å². The number of amides is 1. The van der Waals surface area contributed by atoms with Gasteiger partial charge in [-0.05, 0) is 24.6 Å². The maximum Gasteiger partial charge on any atom is 0.257 e. The van der Waals surface area contributed by atoms with E-state index in [0.29, 0.717) is 5.69 Å². The van der Waals surface area contributed by atoms with E-state index >= 15 is 0 Å². The van der Waals surface area contributed by atoms with Gasteiger partial charge in [0.1, 0.15) is 5.15 Å². The molecule has 0 aromatic carbocycles. The quantitative estimate of drug-likeness (QED) is 0.852. The Morgan fingerprint density at radius 1 is 1.21 bits per heavy atom. The molecule has 0 atom stereocenters. The smallest absolute Gasteiger partial charge is 0.257 e. The Bertz CT molecular complexity index is 626. The molecular formula is C12H8Cl3N3O. The van der Waals surface area contributed by atoms with E-state index in [1.807, 2.05) is 6.92 Å². The van der Waals surface area contributed by atoms with Gasteiger partial charge in [-0.1, -0.05) is 34.8 Å². The van der Waals surface area contributed by atoms with E-state index < -0.39 is 0 Å². The molecule has 19 heavy (non-hydrogen) atoms. The number of rotatable bonds is 2. The first kappa shape index (κ1) is 14.1. The Morgan fingerprint density at radius 3 is 2.58 bits per heavy atom. The average Bonchev–Trinajstić information content (AvgIpc) is 2.37. The molecule has 1 amide bonds. The number of aromatic nitrogens is 2. The van der Waals surface area contributed by atoms with Gasteiger partial charge >= 0.3 is 0 Å². The molecule has 0 unspecified atom stereocenters. The third kappa shape index (κ3) is 3.15. The zero-order valence-corrected chi connectivity index (χ0v) is 12.0. The molecule has 0 spiro atoms. The number of carbonyl (C=O) groups is 1. The molecule has 0 saturated heterocycles. The van der Waals surface area contributed by atoms with Gasteiger partial charge in [-0.2, -0.15) is 0 Å². The van der Waals surface area contributed by atoms with Crippen molar-refractivity contribution >= 4 is 46.4 Å². The Hall–Kier alpha value is -1.36. The molecule has 98 valence electrons. The van der Waals surface area contributed by atoms with Crippen molar-refractivity contribution in [1.29, 1.82) is 0 Å². The molecule has 0 aliphatic carbocycles. The van der Waals surface area contributed by atoms with E-state index in [-0.39, 0.29) is 26.8 Å². The van der Waals surface area contributed by atoms with Gasteiger partial charge in [-0.15, -0.1) is 0 Å². The zero-order chi connectivity index (χ0) is 14.0. The van der Waals surface area contributed by atoms with Gasteiger partial charge in [0.05, 0.1) is 16.3 Å². The molecule has 0 radical (unpaired) electrons. The highest BCUT2D eigenvalue weighted by Crippen LogP contribution is 2.24. The number of nitrogens with one attached hydrogen (secondary N) is 1. The molecular weight excluding hydrogens is 309 g/mol. The second kappa shape index (κ2) is 5.74. The highest BCUT2D eigenvalue weighted by atomic mass is 35.5. The molecule has 0 saturated carbocycles. The first-order chi connectivity index (χ1) is 8.99. The summed E-state index contributed by atoms with van der Waals surface area (Å²) in [7, 11) is 0. The molecule has 4 nitrogen and oxygen atoms in total. The summed E-state index contributed by atoms with van der Waals surface area (Å²) in [5.74, 6) is -0.385. The summed E-state index contributed by atoms with van der Waals surface area (Å²) in [5, 5.41) is 3.25. The lowest BCUT2D eigenvalue weighted by Gasteiger charge is -2.09. The van der Waals surface area contributed by atoms with Gasteiger partial charge in [0.15, 0.2) is 5.15 Å². The summed E-state index contributed by atoms with van der Waals surface area (Å²) >= 11 is 17.4. The monoisotopic (exact) mass is 315 g/mol. The minimum atomic E-state index is -0.385. The molecule has 2 rings (SSSR count). The van der Waals surface area contributed by atoms with Crippen molar-refractivity contribution in [2.45, 2.75) is 6.92 Å². The molecule has 2 aromatic rings. The van der Waals surface area contributed by atoms with E-state index in [9.17, 15) is 4.79 Å². The lowest BCUT2D eigenvalue weighted by atomic mass is 10.2. The predicted molar refractivity (Wildman–Crippen MR) is 76.2 cm³/mol. The standard InChI is InChI=1S/C12H8Cl3N3O/c1-6-2-3-16-11(15)9(6)18-12(19)7-4-8(13)10(14)17-5-7/h2-5H,1H3,(H,18,19). The van der Waals surface area contributed by atoms with Crippen molar-refractivity contribution in [2.24, 2.45) is 0 Å². The van der Waals surface area contributed by atoms with Crippen LogP contribution in [0.2, 0.25) is 15.3 Å². The van der Waals surface area contributed by atoms with Crippen LogP contribution in [0.1, 0.15) is 15.9 Å². The van der Waals surface area contributed by atoms with Crippen LogP contribution in [0, 0.1) is 6.92 Å². The molecule has 7 heteroatoms. The molecule has 1 N–H and O–H groups in total. The molecule has 0 aliphatic heterocycles. The normalized spacial score (nSPS) is 10.3. The maximum absolute atomic E-state index is 12.0. The van der Waals surface area contributed by atoms with Gasteiger partial charge < -0.3 is 5.32 Å². The third-order valence-electron chi connectivity index (χ3n) is 2.41. The van der Waals surface area contributed by atoms with Crippen LogP contribution in [0.3, 0.4) is 0 Å². The van der Waals surface area contributed by atoms with Gasteiger partial charge in [-0.25, -0.2) is 9.97 Å². The van der Waals surface area contributed by atoms with Crippen molar-refractivity contribution in [2.75, 3.05) is 5.32 Å². The number of carbonyl (C=O) groups excluding carboxylic acids is 1. The summed E-state index contributed by atoms with van der Waals surface area (Å²) in [6.07, 6.45) is 2.90. The van der Waals surface area contributed by atoms with Gasteiger partial charge in [0.25, 0.3) is 5.91 Å². The molecule has 2 aromatic heterocycles. The van der Waals surface area contributed by atoms with Gasteiger partial charge in [0.2, 0.25) is 0 Å². The van der Waals surface area contributed by atoms with Crippen LogP contribution in [0.25, 0.3) is 0 Å². The zero-order valence-electron chi connectivity index (χ0n) is 9.75. The third-order valence-corrected chi connectivity index (χ3v) is 3.38. The van der Waals surface area contributed by atoms with Crippen molar-refractivity contribution in [3.05, 3.63) is 51.0 Å². The Labute approximate surface area is 124 Å². The number of hydrogen-bond donors (Lipinski definition) is 1. The maximum atomic E-state index is 12.0. The number of pyridine rings is 2. The van der Waals surface area contributed by atoms with Crippen molar-refractivity contribution in [1.82, 2.24) is 9.97 Å². The molecule has 2 heterocycles. The summed E-state index contributed by atoms with van der Waals surface area (Å²) in [6.45, 7) is 1.82. The fraction of sp³-hybridized carbons (Fsp3) is 0.0833. The van der Waals surface area contributed by atoms with Crippen LogP contribution in [0.4, 0.5) is 5.69 Å². The van der Waals surface area contributed by atoms with Crippen molar-refractivity contribution in [3.63, 3.8) is 0 Å². The fourth-order valence-electron chi connectivity index (χ4n) is 1.41. The number of hydrogen-bond acceptors (Lipinski definition) is 3. The molecule has 0 fully saturated rings. The van der Waals surface area contributed by atoms with Gasteiger partial charge in [0, 0.05) is 12.4 Å². The number of aryl methyl sites for hydroxylation is 1. The number of anilines is 1. The summed E-state index contributed by atoms with van der Waals surface area (Å²) in [6, 6.07) is 3.18. The van der Waals surface area contributed by atoms with Crippen LogP contribution < -0.4 is 5.32 Å². The first-order valence-electron chi connectivity index (χ1n) is 5.22. The Morgan fingerprint density at radius 2 is 1.95 bits per heavy atom. The summed E-state index contributed by atoms with van der Waals surface area (Å²) in [4.78, 5) is 19.8. The fourth-order valence-corrected chi connectivity index (χ4v) is 1.93. The lowest BCUT2D eigenvalue weighted by molar-refractivity contribution is 0.102. The highest BCUT2D eigenvalue weighted by Gasteiger charge is 2.13. The number of halogens is 3. The first-order valence-corrected chi connectivity index (χ1v) is 6.36. The highest BCUT2D eigenvalue weighted by molar-refractivity contribution is 6.41. The molecule has 0 bridgehead atoms. The van der Waals surface area contributed by atoms with E-state index in [2.05, 4.69) is 15.3 Å². The van der Waals surface area contributed by atoms with E-state index in [1.54, 1.807) is 12.3 Å². The predicted octanol–water partition coefficient (Wildman–Crippen LogP) is 4.00. The van der Waals surface area contributed by atoms with Crippen LogP contribution in [0.5, 0.6) is 0 Å². The van der Waals surface area contributed by atoms with Crippen LogP contribution in [-0.2, 0) is 0 Å². The van der Waals surface area contributed by atoms with Crippen molar-refractivity contribution < 1.29 is 4.79 Å². The van der Waals surface area contributed by atoms with Gasteiger partial charge in [-0.3, -0.25) is 4.79 Å². The minimum Gasteiger partial charge on any atom is -0.319 e. The number of nitrogens with zero attached hydrogens (tertiary/aromatic N) is 2. The van der Waals surface area contributed by atoms with Crippen LogP contribution in [-0.4, -0.2) is 15.9 Å². The van der Waals surface area contributed by atoms with Crippen LogP contribution in [0.15, 0.2) is 24.5 Å². The average molecular weight is 317 g/mol.